The molecule has 1 aromatic rings. The van der Waals surface area contributed by atoms with E-state index in [0.29, 0.717) is 10.5 Å². The largest absolute Gasteiger partial charge is 0.370 e. The molecule has 1 aliphatic rings. The Kier molecular flexibility index (Phi) is 5.37. The second kappa shape index (κ2) is 6.82. The van der Waals surface area contributed by atoms with Crippen molar-refractivity contribution < 1.29 is 0 Å². The van der Waals surface area contributed by atoms with Gasteiger partial charge in [-0.1, -0.05) is 25.4 Å². The molecule has 1 N–H and O–H groups in total. The van der Waals surface area contributed by atoms with Gasteiger partial charge < -0.3 is 5.32 Å². The van der Waals surface area contributed by atoms with E-state index in [1.165, 1.54) is 0 Å². The Hall–Kier alpha value is -0.450. The minimum Gasteiger partial charge on any atom is -0.370 e. The van der Waals surface area contributed by atoms with Crippen LogP contribution < -0.4 is 5.32 Å². The molecule has 0 radical (unpaired) electrons. The third-order valence-corrected chi connectivity index (χ3v) is 4.72. The third-order valence-electron chi connectivity index (χ3n) is 3.15. The van der Waals surface area contributed by atoms with Crippen molar-refractivity contribution in [3.63, 3.8) is 0 Å². The molecule has 2 atom stereocenters. The predicted molar refractivity (Wildman–Crippen MR) is 85.2 cm³/mol. The molecular weight excluding hydrogens is 278 g/mol. The zero-order chi connectivity index (χ0) is 13.8. The fourth-order valence-electron chi connectivity index (χ4n) is 2.50. The van der Waals surface area contributed by atoms with Gasteiger partial charge in [-0.3, -0.25) is 4.90 Å². The van der Waals surface area contributed by atoms with Crippen LogP contribution in [0.25, 0.3) is 0 Å². The molecule has 2 heterocycles. The van der Waals surface area contributed by atoms with Crippen molar-refractivity contribution in [3.8, 4) is 0 Å². The van der Waals surface area contributed by atoms with Gasteiger partial charge in [-0.05, 0) is 19.1 Å². The summed E-state index contributed by atoms with van der Waals surface area (Å²) >= 11 is 8.33. The standard InChI is InChI=1S/C14H22ClN3S/c1-4-16-14-6-5-12(15)13(17-14)9-18-7-10(2)19-11(3)8-18/h5-6,10-11H,4,7-9H2,1-3H3,(H,16,17). The van der Waals surface area contributed by atoms with Crippen LogP contribution in [0.4, 0.5) is 5.82 Å². The van der Waals surface area contributed by atoms with E-state index in [2.05, 4.69) is 47.7 Å². The quantitative estimate of drug-likeness (QED) is 0.921. The first-order chi connectivity index (χ1) is 9.08. The molecule has 2 rings (SSSR count). The predicted octanol–water partition coefficient (Wildman–Crippen LogP) is 3.49. The number of rotatable bonds is 4. The van der Waals surface area contributed by atoms with Crippen molar-refractivity contribution in [2.24, 2.45) is 0 Å². The van der Waals surface area contributed by atoms with Gasteiger partial charge in [0.15, 0.2) is 0 Å². The molecule has 106 valence electrons. The van der Waals surface area contributed by atoms with Crippen LogP contribution >= 0.6 is 23.4 Å². The maximum atomic E-state index is 6.27. The summed E-state index contributed by atoms with van der Waals surface area (Å²) in [6, 6.07) is 3.88. The number of nitrogens with zero attached hydrogens (tertiary/aromatic N) is 2. The molecule has 0 bridgehead atoms. The number of halogens is 1. The van der Waals surface area contributed by atoms with E-state index in [-0.39, 0.29) is 0 Å². The van der Waals surface area contributed by atoms with Crippen LogP contribution in [0.15, 0.2) is 12.1 Å². The van der Waals surface area contributed by atoms with Gasteiger partial charge in [-0.2, -0.15) is 11.8 Å². The summed E-state index contributed by atoms with van der Waals surface area (Å²) in [4.78, 5) is 7.07. The smallest absolute Gasteiger partial charge is 0.126 e. The second-order valence-corrected chi connectivity index (χ2v) is 7.40. The van der Waals surface area contributed by atoms with Crippen LogP contribution in [0.1, 0.15) is 26.5 Å². The molecule has 0 amide bonds. The van der Waals surface area contributed by atoms with Crippen LogP contribution in [0.5, 0.6) is 0 Å². The highest BCUT2D eigenvalue weighted by atomic mass is 35.5. The lowest BCUT2D eigenvalue weighted by atomic mass is 10.2. The highest BCUT2D eigenvalue weighted by Crippen LogP contribution is 2.27. The number of aromatic nitrogens is 1. The first-order valence-corrected chi connectivity index (χ1v) is 8.17. The maximum absolute atomic E-state index is 6.27. The van der Waals surface area contributed by atoms with Crippen molar-refractivity contribution in [3.05, 3.63) is 22.8 Å². The molecule has 19 heavy (non-hydrogen) atoms. The van der Waals surface area contributed by atoms with E-state index < -0.39 is 0 Å². The van der Waals surface area contributed by atoms with Crippen LogP contribution in [0, 0.1) is 0 Å². The zero-order valence-electron chi connectivity index (χ0n) is 11.8. The fourth-order valence-corrected chi connectivity index (χ4v) is 4.05. The van der Waals surface area contributed by atoms with Gasteiger partial charge in [-0.15, -0.1) is 0 Å². The van der Waals surface area contributed by atoms with E-state index in [0.717, 1.165) is 42.7 Å². The Balaban J connectivity index is 2.07. The van der Waals surface area contributed by atoms with Crippen LogP contribution in [0.2, 0.25) is 5.02 Å². The van der Waals surface area contributed by atoms with Gasteiger partial charge in [0.1, 0.15) is 5.82 Å². The molecule has 1 saturated heterocycles. The molecule has 1 aromatic heterocycles. The molecule has 1 fully saturated rings. The summed E-state index contributed by atoms with van der Waals surface area (Å²) in [6.45, 7) is 10.6. The highest BCUT2D eigenvalue weighted by molar-refractivity contribution is 8.00. The van der Waals surface area contributed by atoms with E-state index in [4.69, 9.17) is 11.6 Å². The first kappa shape index (κ1) is 14.9. The number of pyridine rings is 1. The number of anilines is 1. The maximum Gasteiger partial charge on any atom is 0.126 e. The Morgan fingerprint density at radius 3 is 2.68 bits per heavy atom. The molecule has 3 nitrogen and oxygen atoms in total. The first-order valence-electron chi connectivity index (χ1n) is 6.85. The summed E-state index contributed by atoms with van der Waals surface area (Å²) < 4.78 is 0. The zero-order valence-corrected chi connectivity index (χ0v) is 13.4. The number of hydrogen-bond acceptors (Lipinski definition) is 4. The second-order valence-electron chi connectivity index (χ2n) is 5.11. The fraction of sp³-hybridized carbons (Fsp3) is 0.643. The lowest BCUT2D eigenvalue weighted by Crippen LogP contribution is -2.40. The van der Waals surface area contributed by atoms with Gasteiger partial charge in [0.05, 0.1) is 10.7 Å². The molecule has 0 aromatic carbocycles. The van der Waals surface area contributed by atoms with E-state index in [1.54, 1.807) is 0 Å². The van der Waals surface area contributed by atoms with Crippen LogP contribution in [-0.2, 0) is 6.54 Å². The topological polar surface area (TPSA) is 28.2 Å². The molecule has 1 aliphatic heterocycles. The SMILES string of the molecule is CCNc1ccc(Cl)c(CN2CC(C)SC(C)C2)n1. The normalized spacial score (nSPS) is 24.4. The van der Waals surface area contributed by atoms with Crippen molar-refractivity contribution in [2.45, 2.75) is 37.8 Å². The Morgan fingerprint density at radius 1 is 1.37 bits per heavy atom. The van der Waals surface area contributed by atoms with E-state index in [1.807, 2.05) is 12.1 Å². The highest BCUT2D eigenvalue weighted by Gasteiger charge is 2.23. The van der Waals surface area contributed by atoms with Crippen molar-refractivity contribution in [1.29, 1.82) is 0 Å². The minimum absolute atomic E-state index is 0.680. The number of hydrogen-bond donors (Lipinski definition) is 1. The average Bonchev–Trinajstić information content (AvgIpc) is 2.32. The van der Waals surface area contributed by atoms with E-state index in [9.17, 15) is 0 Å². The summed E-state index contributed by atoms with van der Waals surface area (Å²) in [5.74, 6) is 0.911. The monoisotopic (exact) mass is 299 g/mol. The molecular formula is C14H22ClN3S. The minimum atomic E-state index is 0.680. The molecule has 0 aliphatic carbocycles. The molecule has 0 saturated carbocycles. The molecule has 0 spiro atoms. The van der Waals surface area contributed by atoms with Crippen molar-refractivity contribution >= 4 is 29.2 Å². The van der Waals surface area contributed by atoms with Crippen molar-refractivity contribution in [2.75, 3.05) is 25.0 Å². The van der Waals surface area contributed by atoms with Gasteiger partial charge in [-0.25, -0.2) is 4.98 Å². The summed E-state index contributed by atoms with van der Waals surface area (Å²) in [6.07, 6.45) is 0. The lowest BCUT2D eigenvalue weighted by Gasteiger charge is -2.34. The third kappa shape index (κ3) is 4.26. The number of nitrogens with one attached hydrogen (secondary N) is 1. The Labute approximate surface area is 125 Å². The van der Waals surface area contributed by atoms with Gasteiger partial charge in [0.2, 0.25) is 0 Å². The Bertz CT molecular complexity index is 417. The van der Waals surface area contributed by atoms with Crippen LogP contribution in [-0.4, -0.2) is 40.0 Å². The summed E-state index contributed by atoms with van der Waals surface area (Å²) in [7, 11) is 0. The van der Waals surface area contributed by atoms with Gasteiger partial charge >= 0.3 is 0 Å². The lowest BCUT2D eigenvalue weighted by molar-refractivity contribution is 0.260. The number of thioether (sulfide) groups is 1. The van der Waals surface area contributed by atoms with Gasteiger partial charge in [0, 0.05) is 36.7 Å². The molecule has 5 heteroatoms. The van der Waals surface area contributed by atoms with Crippen LogP contribution in [0.3, 0.4) is 0 Å². The van der Waals surface area contributed by atoms with Gasteiger partial charge in [0.25, 0.3) is 0 Å². The summed E-state index contributed by atoms with van der Waals surface area (Å²) in [5.41, 5.74) is 0.978. The average molecular weight is 300 g/mol. The summed E-state index contributed by atoms with van der Waals surface area (Å²) in [5, 5.41) is 5.36. The van der Waals surface area contributed by atoms with E-state index >= 15 is 0 Å². The van der Waals surface area contributed by atoms with Crippen molar-refractivity contribution in [1.82, 2.24) is 9.88 Å². The molecule has 2 unspecified atom stereocenters. The Morgan fingerprint density at radius 2 is 2.05 bits per heavy atom.